The molecule has 0 radical (unpaired) electrons. The zero-order chi connectivity index (χ0) is 24.8. The molecule has 0 aliphatic carbocycles. The molecule has 0 amide bonds. The van der Waals surface area contributed by atoms with Crippen molar-refractivity contribution in [2.75, 3.05) is 35.5 Å². The molecule has 10 heteroatoms. The maximum Gasteiger partial charge on any atom is 0.0897 e. The van der Waals surface area contributed by atoms with Gasteiger partial charge in [0.1, 0.15) is 0 Å². The summed E-state index contributed by atoms with van der Waals surface area (Å²) < 4.78 is 2.82. The first kappa shape index (κ1) is 37.2. The number of thioether (sulfide) groups is 5. The maximum absolute atomic E-state index is 9.91. The predicted molar refractivity (Wildman–Crippen MR) is 159 cm³/mol. The van der Waals surface area contributed by atoms with Crippen LogP contribution in [-0.2, 0) is 0 Å². The van der Waals surface area contributed by atoms with Gasteiger partial charge in [0.25, 0.3) is 0 Å². The Bertz CT molecular complexity index is 379. The highest BCUT2D eigenvalue weighted by Crippen LogP contribution is 2.27. The molecule has 0 fully saturated rings. The van der Waals surface area contributed by atoms with E-state index in [9.17, 15) is 15.1 Å². The van der Waals surface area contributed by atoms with Gasteiger partial charge in [0.15, 0.2) is 0 Å². The molecule has 0 bridgehead atoms. The molecule has 0 aromatic carbocycles. The summed E-state index contributed by atoms with van der Waals surface area (Å²) in [6, 6.07) is 0. The highest BCUT2D eigenvalue weighted by molar-refractivity contribution is 8.03. The molecule has 0 saturated heterocycles. The van der Waals surface area contributed by atoms with E-state index < -0.39 is 12.2 Å². The quantitative estimate of drug-likeness (QED) is 0.126. The van der Waals surface area contributed by atoms with E-state index in [-0.39, 0.29) is 0 Å². The largest absolute Gasteiger partial charge is 0.390 e. The number of nitrogens with zero attached hydrogens (tertiary/aromatic N) is 1. The Morgan fingerprint density at radius 3 is 1.58 bits per heavy atom. The van der Waals surface area contributed by atoms with Crippen LogP contribution >= 0.6 is 70.8 Å². The monoisotopic (exact) mass is 553 g/mol. The average Bonchev–Trinajstić information content (AvgIpc) is 2.67. The predicted octanol–water partition coefficient (Wildman–Crippen LogP) is 7.02. The molecule has 0 aromatic heterocycles. The zero-order valence-electron chi connectivity index (χ0n) is 21.1. The number of aliphatic hydroxyl groups is 2. The van der Waals surface area contributed by atoms with Crippen LogP contribution in [0.4, 0.5) is 0 Å². The fourth-order valence-corrected chi connectivity index (χ4v) is 6.36. The fourth-order valence-electron chi connectivity index (χ4n) is 1.74. The van der Waals surface area contributed by atoms with Crippen LogP contribution in [0.3, 0.4) is 0 Å². The third kappa shape index (κ3) is 31.6. The lowest BCUT2D eigenvalue weighted by molar-refractivity contribution is 0.0500. The molecule has 0 heterocycles. The lowest BCUT2D eigenvalue weighted by Gasteiger charge is -2.17. The van der Waals surface area contributed by atoms with Crippen LogP contribution < -0.4 is 0 Å². The average molecular weight is 554 g/mol. The smallest absolute Gasteiger partial charge is 0.0897 e. The van der Waals surface area contributed by atoms with Gasteiger partial charge in [-0.25, -0.2) is 0 Å². The van der Waals surface area contributed by atoms with Gasteiger partial charge in [-0.1, -0.05) is 55.4 Å². The van der Waals surface area contributed by atoms with Gasteiger partial charge in [0.2, 0.25) is 0 Å². The van der Waals surface area contributed by atoms with Crippen LogP contribution in [-0.4, -0.2) is 84.2 Å². The molecule has 0 aliphatic rings. The van der Waals surface area contributed by atoms with Gasteiger partial charge in [-0.15, -0.1) is 4.91 Å². The van der Waals surface area contributed by atoms with Crippen LogP contribution in [0.15, 0.2) is 4.58 Å². The number of aliphatic hydroxyl groups excluding tert-OH is 2. The van der Waals surface area contributed by atoms with Gasteiger partial charge in [0, 0.05) is 50.0 Å². The van der Waals surface area contributed by atoms with E-state index in [4.69, 9.17) is 0 Å². The van der Waals surface area contributed by atoms with Gasteiger partial charge in [-0.05, 0) is 28.3 Å². The Morgan fingerprint density at radius 1 is 0.677 bits per heavy atom. The first-order valence-electron chi connectivity index (χ1n) is 10.6. The Morgan fingerprint density at radius 2 is 1.19 bits per heavy atom. The van der Waals surface area contributed by atoms with Gasteiger partial charge in [0.05, 0.1) is 12.2 Å². The molecule has 0 spiro atoms. The van der Waals surface area contributed by atoms with Crippen molar-refractivity contribution in [3.05, 3.63) is 4.91 Å². The van der Waals surface area contributed by atoms with Crippen LogP contribution in [0.1, 0.15) is 55.4 Å². The van der Waals surface area contributed by atoms with Crippen molar-refractivity contribution in [2.45, 2.75) is 93.8 Å². The van der Waals surface area contributed by atoms with Crippen molar-refractivity contribution in [3.63, 3.8) is 0 Å². The molecule has 4 unspecified atom stereocenters. The normalized spacial score (nSPS) is 14.9. The van der Waals surface area contributed by atoms with E-state index in [1.807, 2.05) is 48.5 Å². The van der Waals surface area contributed by atoms with E-state index >= 15 is 0 Å². The molecule has 4 nitrogen and oxygen atoms in total. The topological polar surface area (TPSA) is 69.9 Å². The molecule has 0 rings (SSSR count). The van der Waals surface area contributed by atoms with Crippen LogP contribution in [0.2, 0.25) is 0 Å². The summed E-state index contributed by atoms with van der Waals surface area (Å²) >= 11 is 10.2. The standard InChI is InChI=1S/C8H18O2S2.C7H15NOS2.C6H14S2/c1-6(2)12-5-8(10)7(9)4-11-3;1-5(2)10-6(3)7(4)11-8-9;1-6(2)8-5-4-7-3/h6-10H,4-5H2,1-3H3;5-7H,1-4H3;6H,4-5H2,1-3H3. The molecule has 0 saturated carbocycles. The van der Waals surface area contributed by atoms with Gasteiger partial charge < -0.3 is 10.2 Å². The van der Waals surface area contributed by atoms with E-state index in [1.165, 1.54) is 11.5 Å². The molecule has 0 aromatic rings. The number of hydrogen-bond donors (Lipinski definition) is 2. The van der Waals surface area contributed by atoms with Crippen LogP contribution in [0, 0.1) is 4.91 Å². The van der Waals surface area contributed by atoms with E-state index in [2.05, 4.69) is 59.3 Å². The second-order valence-electron chi connectivity index (χ2n) is 7.66. The van der Waals surface area contributed by atoms with E-state index in [0.29, 0.717) is 32.5 Å². The Hall–Kier alpha value is 1.62. The third-order valence-electron chi connectivity index (χ3n) is 3.48. The molecule has 31 heavy (non-hydrogen) atoms. The maximum atomic E-state index is 9.91. The molecule has 190 valence electrons. The Balaban J connectivity index is -0.000000387. The summed E-state index contributed by atoms with van der Waals surface area (Å²) in [5.74, 6) is 3.83. The first-order valence-corrected chi connectivity index (χ1v) is 17.3. The molecular formula is C21H47NO3S6. The molecule has 4 atom stereocenters. The number of rotatable bonds is 15. The minimum Gasteiger partial charge on any atom is -0.390 e. The second kappa shape index (κ2) is 26.2. The van der Waals surface area contributed by atoms with Crippen molar-refractivity contribution in [1.29, 1.82) is 0 Å². The fraction of sp³-hybridized carbons (Fsp3) is 1.00. The zero-order valence-corrected chi connectivity index (χ0v) is 26.0. The highest BCUT2D eigenvalue weighted by atomic mass is 32.2. The van der Waals surface area contributed by atoms with E-state index in [1.54, 1.807) is 23.5 Å². The summed E-state index contributed by atoms with van der Waals surface area (Å²) in [7, 11) is 0. The molecular weight excluding hydrogens is 507 g/mol. The van der Waals surface area contributed by atoms with E-state index in [0.717, 1.165) is 17.2 Å². The summed E-state index contributed by atoms with van der Waals surface area (Å²) in [5.41, 5.74) is 0. The summed E-state index contributed by atoms with van der Waals surface area (Å²) in [6.45, 7) is 17.1. The van der Waals surface area contributed by atoms with Gasteiger partial charge >= 0.3 is 0 Å². The van der Waals surface area contributed by atoms with Gasteiger partial charge in [-0.3, -0.25) is 0 Å². The summed E-state index contributed by atoms with van der Waals surface area (Å²) in [5, 5.41) is 21.5. The van der Waals surface area contributed by atoms with Crippen LogP contribution in [0.25, 0.3) is 0 Å². The van der Waals surface area contributed by atoms with Crippen molar-refractivity contribution >= 4 is 70.8 Å². The number of nitroso groups, excluding NO2 is 1. The van der Waals surface area contributed by atoms with Crippen molar-refractivity contribution in [1.82, 2.24) is 0 Å². The van der Waals surface area contributed by atoms with Crippen LogP contribution in [0.5, 0.6) is 0 Å². The summed E-state index contributed by atoms with van der Waals surface area (Å²) in [4.78, 5) is 9.91. The van der Waals surface area contributed by atoms with Crippen molar-refractivity contribution < 1.29 is 10.2 Å². The number of hydrogen-bond acceptors (Lipinski definition) is 10. The molecule has 2 N–H and O–H groups in total. The minimum absolute atomic E-state index is 0.319. The van der Waals surface area contributed by atoms with Gasteiger partial charge in [-0.2, -0.15) is 58.8 Å². The third-order valence-corrected chi connectivity index (χ3v) is 9.71. The lowest BCUT2D eigenvalue weighted by Crippen LogP contribution is -2.30. The first-order chi connectivity index (χ1) is 14.4. The Kier molecular flexibility index (Phi) is 31.5. The lowest BCUT2D eigenvalue weighted by atomic mass is 10.3. The Labute approximate surface area is 218 Å². The second-order valence-corrected chi connectivity index (χ2v) is 15.9. The minimum atomic E-state index is -0.579. The SMILES string of the molecule is CC(C)SC(C)C(C)SN=O.CSCC(O)C(O)CSC(C)C.CSCCSC(C)C. The highest BCUT2D eigenvalue weighted by Gasteiger charge is 2.16. The summed E-state index contributed by atoms with van der Waals surface area (Å²) in [6.07, 6.45) is 2.92. The molecule has 0 aliphatic heterocycles. The van der Waals surface area contributed by atoms with Crippen molar-refractivity contribution in [3.8, 4) is 0 Å². The van der Waals surface area contributed by atoms with Crippen molar-refractivity contribution in [2.24, 2.45) is 4.58 Å².